The molecular formula is C13H14N2O2. The Labute approximate surface area is 100 Å². The molecule has 0 aliphatic heterocycles. The monoisotopic (exact) mass is 230 g/mol. The van der Waals surface area contributed by atoms with Crippen LogP contribution in [0.1, 0.15) is 11.1 Å². The standard InChI is InChI=1S/C13H14N2O2/c1-2-6-15(10-13(16)17)9-12-5-3-4-11(7-12)8-14/h2-5,7H,1,6,9-10H2,(H,16,17). The molecule has 0 saturated heterocycles. The normalized spacial score (nSPS) is 9.88. The van der Waals surface area contributed by atoms with E-state index < -0.39 is 5.97 Å². The molecule has 4 heteroatoms. The van der Waals surface area contributed by atoms with E-state index in [1.54, 1.807) is 29.2 Å². The molecule has 0 saturated carbocycles. The summed E-state index contributed by atoms with van der Waals surface area (Å²) >= 11 is 0. The van der Waals surface area contributed by atoms with Crippen LogP contribution in [-0.2, 0) is 11.3 Å². The van der Waals surface area contributed by atoms with Gasteiger partial charge in [-0.25, -0.2) is 0 Å². The predicted octanol–water partition coefficient (Wildman–Crippen LogP) is 1.63. The number of carboxylic acids is 1. The van der Waals surface area contributed by atoms with Crippen LogP contribution in [-0.4, -0.2) is 29.1 Å². The second-order valence-corrected chi connectivity index (χ2v) is 3.66. The van der Waals surface area contributed by atoms with Gasteiger partial charge in [-0.2, -0.15) is 5.26 Å². The van der Waals surface area contributed by atoms with Crippen molar-refractivity contribution >= 4 is 5.97 Å². The maximum atomic E-state index is 10.7. The number of carboxylic acid groups (broad SMARTS) is 1. The molecule has 0 aliphatic rings. The summed E-state index contributed by atoms with van der Waals surface area (Å²) in [6.45, 7) is 4.55. The molecule has 0 aliphatic carbocycles. The zero-order valence-electron chi connectivity index (χ0n) is 9.47. The Bertz CT molecular complexity index is 449. The van der Waals surface area contributed by atoms with E-state index in [1.165, 1.54) is 0 Å². The Kier molecular flexibility index (Phi) is 4.92. The van der Waals surface area contributed by atoms with Crippen molar-refractivity contribution in [1.82, 2.24) is 4.90 Å². The third-order valence-corrected chi connectivity index (χ3v) is 2.21. The third kappa shape index (κ3) is 4.49. The fourth-order valence-corrected chi connectivity index (χ4v) is 1.56. The van der Waals surface area contributed by atoms with Crippen LogP contribution in [0.5, 0.6) is 0 Å². The van der Waals surface area contributed by atoms with E-state index in [0.717, 1.165) is 5.56 Å². The van der Waals surface area contributed by atoms with Crippen LogP contribution in [0.15, 0.2) is 36.9 Å². The average molecular weight is 230 g/mol. The third-order valence-electron chi connectivity index (χ3n) is 2.21. The Morgan fingerprint density at radius 2 is 2.35 bits per heavy atom. The largest absolute Gasteiger partial charge is 0.480 e. The van der Waals surface area contributed by atoms with E-state index in [2.05, 4.69) is 12.6 Å². The summed E-state index contributed by atoms with van der Waals surface area (Å²) in [5, 5.41) is 17.5. The minimum atomic E-state index is -0.872. The van der Waals surface area contributed by atoms with Crippen LogP contribution >= 0.6 is 0 Å². The molecule has 0 heterocycles. The summed E-state index contributed by atoms with van der Waals surface area (Å²) in [6.07, 6.45) is 1.66. The van der Waals surface area contributed by atoms with Crippen LogP contribution in [0.2, 0.25) is 0 Å². The molecule has 0 spiro atoms. The maximum absolute atomic E-state index is 10.7. The molecule has 0 unspecified atom stereocenters. The van der Waals surface area contributed by atoms with Gasteiger partial charge < -0.3 is 5.11 Å². The highest BCUT2D eigenvalue weighted by atomic mass is 16.4. The predicted molar refractivity (Wildman–Crippen MR) is 64.3 cm³/mol. The van der Waals surface area contributed by atoms with Gasteiger partial charge in [0.2, 0.25) is 0 Å². The average Bonchev–Trinajstić information content (AvgIpc) is 2.29. The lowest BCUT2D eigenvalue weighted by molar-refractivity contribution is -0.138. The molecule has 88 valence electrons. The molecule has 4 nitrogen and oxygen atoms in total. The van der Waals surface area contributed by atoms with Crippen LogP contribution < -0.4 is 0 Å². The van der Waals surface area contributed by atoms with Crippen molar-refractivity contribution in [2.45, 2.75) is 6.54 Å². The number of nitrogens with zero attached hydrogens (tertiary/aromatic N) is 2. The number of aliphatic carboxylic acids is 1. The van der Waals surface area contributed by atoms with E-state index in [4.69, 9.17) is 10.4 Å². The lowest BCUT2D eigenvalue weighted by atomic mass is 10.1. The molecule has 0 atom stereocenters. The SMILES string of the molecule is C=CCN(CC(=O)O)Cc1cccc(C#N)c1. The second kappa shape index (κ2) is 6.46. The van der Waals surface area contributed by atoms with E-state index in [1.807, 2.05) is 6.07 Å². The summed E-state index contributed by atoms with van der Waals surface area (Å²) in [7, 11) is 0. The van der Waals surface area contributed by atoms with Gasteiger partial charge >= 0.3 is 5.97 Å². The number of rotatable bonds is 6. The van der Waals surface area contributed by atoms with Gasteiger partial charge in [-0.15, -0.1) is 6.58 Å². The van der Waals surface area contributed by atoms with Crippen LogP contribution in [0.3, 0.4) is 0 Å². The number of hydrogen-bond donors (Lipinski definition) is 1. The molecule has 1 N–H and O–H groups in total. The van der Waals surface area contributed by atoms with Gasteiger partial charge in [0.05, 0.1) is 18.2 Å². The van der Waals surface area contributed by atoms with Crippen LogP contribution in [0.25, 0.3) is 0 Å². The molecule has 0 fully saturated rings. The van der Waals surface area contributed by atoms with Crippen molar-refractivity contribution in [1.29, 1.82) is 5.26 Å². The Morgan fingerprint density at radius 1 is 1.59 bits per heavy atom. The molecule has 17 heavy (non-hydrogen) atoms. The first-order valence-electron chi connectivity index (χ1n) is 5.19. The Morgan fingerprint density at radius 3 is 2.94 bits per heavy atom. The molecule has 1 aromatic rings. The molecule has 0 bridgehead atoms. The first-order valence-corrected chi connectivity index (χ1v) is 5.19. The van der Waals surface area contributed by atoms with Crippen LogP contribution in [0, 0.1) is 11.3 Å². The molecule has 1 rings (SSSR count). The highest BCUT2D eigenvalue weighted by Crippen LogP contribution is 2.07. The van der Waals surface area contributed by atoms with Gasteiger partial charge in [-0.1, -0.05) is 18.2 Å². The van der Waals surface area contributed by atoms with Crippen LogP contribution in [0.4, 0.5) is 0 Å². The first kappa shape index (κ1) is 12.9. The van der Waals surface area contributed by atoms with E-state index >= 15 is 0 Å². The minimum Gasteiger partial charge on any atom is -0.480 e. The molecular weight excluding hydrogens is 216 g/mol. The Hall–Kier alpha value is -2.12. The molecule has 0 aromatic heterocycles. The maximum Gasteiger partial charge on any atom is 0.317 e. The lowest BCUT2D eigenvalue weighted by Gasteiger charge is -2.18. The van der Waals surface area contributed by atoms with E-state index in [9.17, 15) is 4.79 Å². The van der Waals surface area contributed by atoms with E-state index in [-0.39, 0.29) is 6.54 Å². The smallest absolute Gasteiger partial charge is 0.317 e. The van der Waals surface area contributed by atoms with Crippen molar-refractivity contribution in [3.05, 3.63) is 48.0 Å². The zero-order valence-corrected chi connectivity index (χ0v) is 9.47. The summed E-state index contributed by atoms with van der Waals surface area (Å²) in [5.74, 6) is -0.872. The topological polar surface area (TPSA) is 64.3 Å². The van der Waals surface area contributed by atoms with Gasteiger partial charge in [-0.3, -0.25) is 9.69 Å². The molecule has 0 radical (unpaired) electrons. The van der Waals surface area contributed by atoms with Crippen molar-refractivity contribution in [3.8, 4) is 6.07 Å². The van der Waals surface area contributed by atoms with Crippen molar-refractivity contribution in [3.63, 3.8) is 0 Å². The van der Waals surface area contributed by atoms with Gasteiger partial charge in [0.1, 0.15) is 0 Å². The second-order valence-electron chi connectivity index (χ2n) is 3.66. The first-order chi connectivity index (χ1) is 8.15. The zero-order chi connectivity index (χ0) is 12.7. The molecule has 1 aromatic carbocycles. The quantitative estimate of drug-likeness (QED) is 0.754. The van der Waals surface area contributed by atoms with Gasteiger partial charge in [0.25, 0.3) is 0 Å². The minimum absolute atomic E-state index is 0.0389. The van der Waals surface area contributed by atoms with Gasteiger partial charge in [-0.05, 0) is 17.7 Å². The fourth-order valence-electron chi connectivity index (χ4n) is 1.56. The van der Waals surface area contributed by atoms with E-state index in [0.29, 0.717) is 18.7 Å². The van der Waals surface area contributed by atoms with Gasteiger partial charge in [0, 0.05) is 13.1 Å². The number of carbonyl (C=O) groups is 1. The van der Waals surface area contributed by atoms with Crippen molar-refractivity contribution in [2.24, 2.45) is 0 Å². The van der Waals surface area contributed by atoms with Gasteiger partial charge in [0.15, 0.2) is 0 Å². The summed E-state index contributed by atoms with van der Waals surface area (Å²) in [4.78, 5) is 12.4. The fraction of sp³-hybridized carbons (Fsp3) is 0.231. The number of nitriles is 1. The summed E-state index contributed by atoms with van der Waals surface area (Å²) in [6, 6.07) is 9.21. The number of hydrogen-bond acceptors (Lipinski definition) is 3. The summed E-state index contributed by atoms with van der Waals surface area (Å²) in [5.41, 5.74) is 1.50. The summed E-state index contributed by atoms with van der Waals surface area (Å²) < 4.78 is 0. The van der Waals surface area contributed by atoms with Crippen molar-refractivity contribution < 1.29 is 9.90 Å². The molecule has 0 amide bonds. The number of benzene rings is 1. The highest BCUT2D eigenvalue weighted by Gasteiger charge is 2.08. The Balaban J connectivity index is 2.74. The highest BCUT2D eigenvalue weighted by molar-refractivity contribution is 5.69. The van der Waals surface area contributed by atoms with Crippen molar-refractivity contribution in [2.75, 3.05) is 13.1 Å². The lowest BCUT2D eigenvalue weighted by Crippen LogP contribution is -2.29.